The van der Waals surface area contributed by atoms with E-state index in [4.69, 9.17) is 0 Å². The van der Waals surface area contributed by atoms with E-state index in [2.05, 4.69) is 17.2 Å². The van der Waals surface area contributed by atoms with E-state index in [-0.39, 0.29) is 0 Å². The quantitative estimate of drug-likeness (QED) is 0.850. The Labute approximate surface area is 98.8 Å². The number of hydrogen-bond donors (Lipinski definition) is 2. The van der Waals surface area contributed by atoms with Crippen LogP contribution in [0.3, 0.4) is 0 Å². The molecule has 16 heavy (non-hydrogen) atoms. The standard InChI is InChI=1S/C12H14N2OS/c1-2-3-9-4-5-10(8-11(9)15)14-12-13-6-7-16-12/h4-8,15H,2-3H2,1H3,(H,13,14). The Kier molecular flexibility index (Phi) is 3.41. The number of nitrogens with zero attached hydrogens (tertiary/aromatic N) is 1. The third kappa shape index (κ3) is 2.52. The lowest BCUT2D eigenvalue weighted by atomic mass is 10.1. The van der Waals surface area contributed by atoms with Crippen LogP contribution in [0, 0.1) is 0 Å². The fraction of sp³-hybridized carbons (Fsp3) is 0.250. The van der Waals surface area contributed by atoms with E-state index < -0.39 is 0 Å². The maximum absolute atomic E-state index is 9.79. The van der Waals surface area contributed by atoms with Crippen molar-refractivity contribution in [2.45, 2.75) is 19.8 Å². The number of thiazole rings is 1. The molecule has 0 aliphatic carbocycles. The van der Waals surface area contributed by atoms with E-state index in [1.54, 1.807) is 12.3 Å². The Hall–Kier alpha value is -1.55. The number of nitrogens with one attached hydrogen (secondary N) is 1. The predicted molar refractivity (Wildman–Crippen MR) is 67.5 cm³/mol. The molecule has 2 rings (SSSR count). The third-order valence-electron chi connectivity index (χ3n) is 2.29. The van der Waals surface area contributed by atoms with E-state index in [1.807, 2.05) is 17.5 Å². The van der Waals surface area contributed by atoms with Gasteiger partial charge in [-0.2, -0.15) is 0 Å². The summed E-state index contributed by atoms with van der Waals surface area (Å²) < 4.78 is 0. The highest BCUT2D eigenvalue weighted by molar-refractivity contribution is 7.13. The molecule has 1 heterocycles. The van der Waals surface area contributed by atoms with E-state index in [1.165, 1.54) is 11.3 Å². The molecule has 0 atom stereocenters. The number of aromatic hydroxyl groups is 1. The highest BCUT2D eigenvalue weighted by Crippen LogP contribution is 2.26. The van der Waals surface area contributed by atoms with Gasteiger partial charge in [0.15, 0.2) is 5.13 Å². The number of aromatic nitrogens is 1. The SMILES string of the molecule is CCCc1ccc(Nc2nccs2)cc1O. The molecule has 0 amide bonds. The molecule has 2 aromatic rings. The molecule has 4 heteroatoms. The first-order valence-electron chi connectivity index (χ1n) is 5.28. The van der Waals surface area contributed by atoms with E-state index in [0.29, 0.717) is 5.75 Å². The fourth-order valence-electron chi connectivity index (χ4n) is 1.53. The van der Waals surface area contributed by atoms with Gasteiger partial charge in [-0.3, -0.25) is 0 Å². The fourth-order valence-corrected chi connectivity index (χ4v) is 2.08. The second-order valence-electron chi connectivity index (χ2n) is 3.56. The summed E-state index contributed by atoms with van der Waals surface area (Å²) in [5, 5.41) is 15.7. The van der Waals surface area contributed by atoms with Crippen LogP contribution in [0.25, 0.3) is 0 Å². The minimum absolute atomic E-state index is 0.350. The van der Waals surface area contributed by atoms with Crippen molar-refractivity contribution in [3.05, 3.63) is 35.3 Å². The average Bonchev–Trinajstić information content (AvgIpc) is 2.75. The van der Waals surface area contributed by atoms with Gasteiger partial charge in [0.25, 0.3) is 0 Å². The third-order valence-corrected chi connectivity index (χ3v) is 2.98. The summed E-state index contributed by atoms with van der Waals surface area (Å²) in [5.74, 6) is 0.350. The van der Waals surface area contributed by atoms with Crippen molar-refractivity contribution < 1.29 is 5.11 Å². The lowest BCUT2D eigenvalue weighted by molar-refractivity contribution is 0.468. The van der Waals surface area contributed by atoms with Gasteiger partial charge in [-0.1, -0.05) is 19.4 Å². The van der Waals surface area contributed by atoms with Crippen LogP contribution in [-0.2, 0) is 6.42 Å². The van der Waals surface area contributed by atoms with Gasteiger partial charge in [0, 0.05) is 23.3 Å². The second kappa shape index (κ2) is 4.99. The number of rotatable bonds is 4. The normalized spacial score (nSPS) is 10.3. The molecule has 3 nitrogen and oxygen atoms in total. The summed E-state index contributed by atoms with van der Waals surface area (Å²) in [6.45, 7) is 2.10. The molecular weight excluding hydrogens is 220 g/mol. The summed E-state index contributed by atoms with van der Waals surface area (Å²) in [7, 11) is 0. The predicted octanol–water partition coefficient (Wildman–Crippen LogP) is 3.54. The van der Waals surface area contributed by atoms with Gasteiger partial charge in [-0.25, -0.2) is 4.98 Å². The minimum atomic E-state index is 0.350. The summed E-state index contributed by atoms with van der Waals surface area (Å²) in [6, 6.07) is 5.66. The topological polar surface area (TPSA) is 45.2 Å². The van der Waals surface area contributed by atoms with Crippen LogP contribution in [0.1, 0.15) is 18.9 Å². The molecule has 1 aromatic heterocycles. The zero-order valence-electron chi connectivity index (χ0n) is 9.10. The van der Waals surface area contributed by atoms with Crippen molar-refractivity contribution in [1.82, 2.24) is 4.98 Å². The van der Waals surface area contributed by atoms with E-state index in [0.717, 1.165) is 29.2 Å². The molecule has 0 aliphatic heterocycles. The summed E-state index contributed by atoms with van der Waals surface area (Å²) in [4.78, 5) is 4.13. The monoisotopic (exact) mass is 234 g/mol. The van der Waals surface area contributed by atoms with Crippen molar-refractivity contribution in [2.75, 3.05) is 5.32 Å². The number of anilines is 2. The maximum atomic E-state index is 9.79. The molecule has 0 saturated heterocycles. The highest BCUT2D eigenvalue weighted by Gasteiger charge is 2.02. The Morgan fingerprint density at radius 1 is 1.44 bits per heavy atom. The maximum Gasteiger partial charge on any atom is 0.187 e. The largest absolute Gasteiger partial charge is 0.508 e. The van der Waals surface area contributed by atoms with Crippen LogP contribution in [0.5, 0.6) is 5.75 Å². The van der Waals surface area contributed by atoms with Gasteiger partial charge in [0.1, 0.15) is 5.75 Å². The number of phenols is 1. The average molecular weight is 234 g/mol. The lowest BCUT2D eigenvalue weighted by Crippen LogP contribution is -1.91. The molecule has 0 spiro atoms. The molecule has 0 aliphatic rings. The van der Waals surface area contributed by atoms with Gasteiger partial charge in [-0.05, 0) is 18.1 Å². The van der Waals surface area contributed by atoms with Crippen molar-refractivity contribution in [1.29, 1.82) is 0 Å². The van der Waals surface area contributed by atoms with Crippen molar-refractivity contribution in [3.8, 4) is 5.75 Å². The minimum Gasteiger partial charge on any atom is -0.508 e. The van der Waals surface area contributed by atoms with Gasteiger partial charge in [0.05, 0.1) is 0 Å². The molecule has 1 aromatic carbocycles. The van der Waals surface area contributed by atoms with Crippen LogP contribution in [-0.4, -0.2) is 10.1 Å². The van der Waals surface area contributed by atoms with E-state index in [9.17, 15) is 5.11 Å². The van der Waals surface area contributed by atoms with E-state index >= 15 is 0 Å². The lowest BCUT2D eigenvalue weighted by Gasteiger charge is -2.06. The van der Waals surface area contributed by atoms with Gasteiger partial charge < -0.3 is 10.4 Å². The summed E-state index contributed by atoms with van der Waals surface area (Å²) in [6.07, 6.45) is 3.69. The number of benzene rings is 1. The summed E-state index contributed by atoms with van der Waals surface area (Å²) in [5.41, 5.74) is 1.86. The second-order valence-corrected chi connectivity index (χ2v) is 4.45. The molecule has 0 unspecified atom stereocenters. The summed E-state index contributed by atoms with van der Waals surface area (Å²) >= 11 is 1.53. The molecule has 0 fully saturated rings. The molecule has 0 radical (unpaired) electrons. The van der Waals surface area contributed by atoms with Gasteiger partial charge in [-0.15, -0.1) is 11.3 Å². The Balaban J connectivity index is 2.15. The Morgan fingerprint density at radius 3 is 2.94 bits per heavy atom. The first-order valence-corrected chi connectivity index (χ1v) is 6.16. The van der Waals surface area contributed by atoms with Crippen LogP contribution >= 0.6 is 11.3 Å². The number of hydrogen-bond acceptors (Lipinski definition) is 4. The molecule has 84 valence electrons. The van der Waals surface area contributed by atoms with Gasteiger partial charge in [0.2, 0.25) is 0 Å². The Morgan fingerprint density at radius 2 is 2.31 bits per heavy atom. The smallest absolute Gasteiger partial charge is 0.187 e. The van der Waals surface area contributed by atoms with Crippen LogP contribution in [0.15, 0.2) is 29.8 Å². The zero-order valence-corrected chi connectivity index (χ0v) is 9.92. The molecule has 0 saturated carbocycles. The van der Waals surface area contributed by atoms with Crippen molar-refractivity contribution >= 4 is 22.2 Å². The zero-order chi connectivity index (χ0) is 11.4. The van der Waals surface area contributed by atoms with Crippen LogP contribution in [0.2, 0.25) is 0 Å². The number of phenolic OH excluding ortho intramolecular Hbond substituents is 1. The number of aryl methyl sites for hydroxylation is 1. The Bertz CT molecular complexity index is 454. The van der Waals surface area contributed by atoms with Crippen LogP contribution in [0.4, 0.5) is 10.8 Å². The van der Waals surface area contributed by atoms with Crippen molar-refractivity contribution in [2.24, 2.45) is 0 Å². The molecule has 2 N–H and O–H groups in total. The first-order chi connectivity index (χ1) is 7.79. The van der Waals surface area contributed by atoms with Gasteiger partial charge >= 0.3 is 0 Å². The van der Waals surface area contributed by atoms with Crippen LogP contribution < -0.4 is 5.32 Å². The highest BCUT2D eigenvalue weighted by atomic mass is 32.1. The first kappa shape index (κ1) is 11.0. The molecule has 0 bridgehead atoms. The molecular formula is C12H14N2OS. The van der Waals surface area contributed by atoms with Crippen molar-refractivity contribution in [3.63, 3.8) is 0 Å².